The van der Waals surface area contributed by atoms with Crippen LogP contribution in [0.2, 0.25) is 0 Å². The summed E-state index contributed by atoms with van der Waals surface area (Å²) < 4.78 is 15.6. The zero-order valence-electron chi connectivity index (χ0n) is 14.4. The van der Waals surface area contributed by atoms with Crippen LogP contribution >= 0.6 is 0 Å². The molecule has 1 saturated heterocycles. The molecule has 0 amide bonds. The van der Waals surface area contributed by atoms with E-state index >= 15 is 0 Å². The average Bonchev–Trinajstić information content (AvgIpc) is 3.34. The monoisotopic (exact) mass is 352 g/mol. The maximum atomic E-state index is 5.49. The predicted octanol–water partition coefficient (Wildman–Crippen LogP) is 2.71. The molecule has 0 aliphatic carbocycles. The molecular weight excluding hydrogens is 332 g/mol. The fourth-order valence-corrected chi connectivity index (χ4v) is 3.62. The molecule has 3 heterocycles. The van der Waals surface area contributed by atoms with Crippen LogP contribution in [-0.4, -0.2) is 36.2 Å². The van der Waals surface area contributed by atoms with E-state index in [2.05, 4.69) is 38.7 Å². The fraction of sp³-hybridized carbons (Fsp3) is 0.368. The molecule has 1 N–H and O–H groups in total. The summed E-state index contributed by atoms with van der Waals surface area (Å²) in [5, 5.41) is 11.4. The van der Waals surface area contributed by atoms with Crippen LogP contribution in [-0.2, 0) is 6.54 Å². The van der Waals surface area contributed by atoms with E-state index in [4.69, 9.17) is 14.1 Å². The molecule has 0 bridgehead atoms. The van der Waals surface area contributed by atoms with Gasteiger partial charge in [0.25, 0.3) is 0 Å². The molecule has 0 unspecified atom stereocenters. The van der Waals surface area contributed by atoms with E-state index in [1.807, 2.05) is 18.2 Å². The van der Waals surface area contributed by atoms with Crippen LogP contribution in [0.25, 0.3) is 11.0 Å². The van der Waals surface area contributed by atoms with Crippen LogP contribution in [0.5, 0.6) is 11.5 Å². The minimum Gasteiger partial charge on any atom is -0.454 e. The lowest BCUT2D eigenvalue weighted by molar-refractivity contribution is 0.174. The number of piperidine rings is 1. The lowest BCUT2D eigenvalue weighted by Gasteiger charge is -2.34. The number of nitrogens with one attached hydrogen (secondary N) is 1. The number of ether oxygens (including phenoxy) is 2. The highest BCUT2D eigenvalue weighted by atomic mass is 16.7. The molecule has 0 spiro atoms. The van der Waals surface area contributed by atoms with Crippen LogP contribution in [0.15, 0.2) is 41.0 Å². The van der Waals surface area contributed by atoms with Gasteiger partial charge in [-0.2, -0.15) is 0 Å². The van der Waals surface area contributed by atoms with Crippen LogP contribution in [0.3, 0.4) is 0 Å². The summed E-state index contributed by atoms with van der Waals surface area (Å²) in [4.78, 5) is 2.41. The molecule has 1 aromatic heterocycles. The highest BCUT2D eigenvalue weighted by Gasteiger charge is 2.21. The molecule has 7 heteroatoms. The molecule has 26 heavy (non-hydrogen) atoms. The van der Waals surface area contributed by atoms with Crippen molar-refractivity contribution in [3.8, 4) is 11.5 Å². The molecule has 5 rings (SSSR count). The molecule has 2 aliphatic rings. The quantitative estimate of drug-likeness (QED) is 0.774. The van der Waals surface area contributed by atoms with Gasteiger partial charge in [-0.15, -0.1) is 0 Å². The van der Waals surface area contributed by atoms with E-state index < -0.39 is 0 Å². The number of rotatable bonds is 4. The molecule has 0 saturated carbocycles. The standard InChI is InChI=1S/C19H20N4O3/c1-3-16-17(22-26-21-16)9-13(1)11-20-14-5-7-23(8-6-14)15-2-4-18-19(10-15)25-12-24-18/h1-4,9-10,14,20H,5-8,11-12H2. The van der Waals surface area contributed by atoms with Crippen molar-refractivity contribution in [2.45, 2.75) is 25.4 Å². The number of anilines is 1. The van der Waals surface area contributed by atoms with Gasteiger partial charge in [0.05, 0.1) is 0 Å². The summed E-state index contributed by atoms with van der Waals surface area (Å²) in [6, 6.07) is 12.8. The fourth-order valence-electron chi connectivity index (χ4n) is 3.62. The topological polar surface area (TPSA) is 72.7 Å². The van der Waals surface area contributed by atoms with Crippen molar-refractivity contribution in [2.75, 3.05) is 24.8 Å². The number of hydrogen-bond acceptors (Lipinski definition) is 7. The van der Waals surface area contributed by atoms with Gasteiger partial charge < -0.3 is 19.7 Å². The molecule has 3 aromatic rings. The van der Waals surface area contributed by atoms with Gasteiger partial charge in [0.1, 0.15) is 11.0 Å². The highest BCUT2D eigenvalue weighted by Crippen LogP contribution is 2.36. The Morgan fingerprint density at radius 3 is 2.73 bits per heavy atom. The minimum absolute atomic E-state index is 0.320. The summed E-state index contributed by atoms with van der Waals surface area (Å²) in [7, 11) is 0. The molecule has 0 radical (unpaired) electrons. The largest absolute Gasteiger partial charge is 0.454 e. The zero-order chi connectivity index (χ0) is 17.3. The second-order valence-corrected chi connectivity index (χ2v) is 6.77. The number of aromatic nitrogens is 2. The number of benzene rings is 2. The van der Waals surface area contributed by atoms with Gasteiger partial charge in [0.2, 0.25) is 6.79 Å². The van der Waals surface area contributed by atoms with Crippen LogP contribution in [0.4, 0.5) is 5.69 Å². The first-order valence-electron chi connectivity index (χ1n) is 8.94. The van der Waals surface area contributed by atoms with Crippen molar-refractivity contribution in [1.29, 1.82) is 0 Å². The summed E-state index contributed by atoms with van der Waals surface area (Å²) in [6.07, 6.45) is 2.23. The maximum absolute atomic E-state index is 5.49. The van der Waals surface area contributed by atoms with E-state index in [1.54, 1.807) is 0 Å². The Balaban J connectivity index is 1.17. The first-order valence-corrected chi connectivity index (χ1v) is 8.94. The van der Waals surface area contributed by atoms with Crippen LogP contribution < -0.4 is 19.7 Å². The van der Waals surface area contributed by atoms with E-state index in [9.17, 15) is 0 Å². The summed E-state index contributed by atoms with van der Waals surface area (Å²) >= 11 is 0. The smallest absolute Gasteiger partial charge is 0.231 e. The third-order valence-corrected chi connectivity index (χ3v) is 5.13. The average molecular weight is 352 g/mol. The van der Waals surface area contributed by atoms with E-state index in [0.717, 1.165) is 55.0 Å². The Kier molecular flexibility index (Phi) is 3.86. The molecule has 134 valence electrons. The van der Waals surface area contributed by atoms with E-state index in [0.29, 0.717) is 12.8 Å². The predicted molar refractivity (Wildman–Crippen MR) is 96.4 cm³/mol. The van der Waals surface area contributed by atoms with Crippen molar-refractivity contribution in [1.82, 2.24) is 15.6 Å². The number of hydrogen-bond donors (Lipinski definition) is 1. The Morgan fingerprint density at radius 2 is 1.81 bits per heavy atom. The second-order valence-electron chi connectivity index (χ2n) is 6.77. The Bertz CT molecular complexity index is 918. The molecule has 0 atom stereocenters. The van der Waals surface area contributed by atoms with Crippen molar-refractivity contribution < 1.29 is 14.1 Å². The van der Waals surface area contributed by atoms with Crippen LogP contribution in [0, 0.1) is 0 Å². The summed E-state index contributed by atoms with van der Waals surface area (Å²) in [5.41, 5.74) is 4.01. The van der Waals surface area contributed by atoms with Gasteiger partial charge in [-0.05, 0) is 53.0 Å². The first-order chi connectivity index (χ1) is 12.8. The lowest BCUT2D eigenvalue weighted by atomic mass is 10.0. The van der Waals surface area contributed by atoms with Gasteiger partial charge in [0.15, 0.2) is 11.5 Å². The molecular formula is C19H20N4O3. The molecule has 2 aromatic carbocycles. The third-order valence-electron chi connectivity index (χ3n) is 5.13. The zero-order valence-corrected chi connectivity index (χ0v) is 14.4. The van der Waals surface area contributed by atoms with Gasteiger partial charge in [0, 0.05) is 37.4 Å². The normalized spacial score (nSPS) is 17.2. The van der Waals surface area contributed by atoms with Gasteiger partial charge in [-0.1, -0.05) is 6.07 Å². The van der Waals surface area contributed by atoms with Gasteiger partial charge in [-0.25, -0.2) is 4.63 Å². The Labute approximate surface area is 150 Å². The lowest BCUT2D eigenvalue weighted by Crippen LogP contribution is -2.42. The number of fused-ring (bicyclic) bond motifs is 2. The van der Waals surface area contributed by atoms with Gasteiger partial charge in [-0.3, -0.25) is 0 Å². The Morgan fingerprint density at radius 1 is 0.962 bits per heavy atom. The first kappa shape index (κ1) is 15.5. The molecule has 2 aliphatic heterocycles. The van der Waals surface area contributed by atoms with Crippen LogP contribution in [0.1, 0.15) is 18.4 Å². The van der Waals surface area contributed by atoms with E-state index in [-0.39, 0.29) is 0 Å². The summed E-state index contributed by atoms with van der Waals surface area (Å²) in [5.74, 6) is 1.69. The van der Waals surface area contributed by atoms with Gasteiger partial charge >= 0.3 is 0 Å². The SMILES string of the molecule is c1cc2nonc2cc1CNC1CCN(c2ccc3c(c2)OCO3)CC1. The number of nitrogens with zero attached hydrogens (tertiary/aromatic N) is 3. The summed E-state index contributed by atoms with van der Waals surface area (Å²) in [6.45, 7) is 3.21. The van der Waals surface area contributed by atoms with Crippen molar-refractivity contribution in [2.24, 2.45) is 0 Å². The van der Waals surface area contributed by atoms with E-state index in [1.165, 1.54) is 11.3 Å². The Hall–Kier alpha value is -2.80. The second kappa shape index (κ2) is 6.49. The maximum Gasteiger partial charge on any atom is 0.231 e. The highest BCUT2D eigenvalue weighted by molar-refractivity contribution is 5.73. The minimum atomic E-state index is 0.320. The van der Waals surface area contributed by atoms with Crippen molar-refractivity contribution in [3.05, 3.63) is 42.0 Å². The molecule has 1 fully saturated rings. The van der Waals surface area contributed by atoms with Crippen molar-refractivity contribution >= 4 is 16.7 Å². The van der Waals surface area contributed by atoms with Crippen molar-refractivity contribution in [3.63, 3.8) is 0 Å². The molecule has 7 nitrogen and oxygen atoms in total. The third kappa shape index (κ3) is 2.94.